The summed E-state index contributed by atoms with van der Waals surface area (Å²) in [6, 6.07) is 42.4. The van der Waals surface area contributed by atoms with Crippen LogP contribution >= 0.6 is 11.3 Å². The van der Waals surface area contributed by atoms with Crippen molar-refractivity contribution in [1.29, 1.82) is 0 Å². The molecule has 0 amide bonds. The highest BCUT2D eigenvalue weighted by molar-refractivity contribution is 7.26. The van der Waals surface area contributed by atoms with Crippen molar-refractivity contribution in [3.05, 3.63) is 127 Å². The summed E-state index contributed by atoms with van der Waals surface area (Å²) in [7, 11) is 0. The van der Waals surface area contributed by atoms with Gasteiger partial charge in [-0.25, -0.2) is 0 Å². The monoisotopic (exact) mass is 491 g/mol. The van der Waals surface area contributed by atoms with Crippen molar-refractivity contribution < 1.29 is 0 Å². The van der Waals surface area contributed by atoms with E-state index in [1.54, 1.807) is 0 Å². The largest absolute Gasteiger partial charge is 0.312 e. The van der Waals surface area contributed by atoms with Crippen molar-refractivity contribution >= 4 is 42.4 Å². The Bertz CT molecular complexity index is 2000. The van der Waals surface area contributed by atoms with Crippen LogP contribution in [0.5, 0.6) is 0 Å². The zero-order valence-corrected chi connectivity index (χ0v) is 21.6. The zero-order chi connectivity index (χ0) is 24.7. The predicted molar refractivity (Wildman–Crippen MR) is 159 cm³/mol. The van der Waals surface area contributed by atoms with E-state index in [4.69, 9.17) is 0 Å². The van der Waals surface area contributed by atoms with Gasteiger partial charge in [0, 0.05) is 47.9 Å². The summed E-state index contributed by atoms with van der Waals surface area (Å²) in [5.74, 6) is 0. The number of aromatic nitrogens is 1. The first-order chi connectivity index (χ1) is 18.1. The lowest BCUT2D eigenvalue weighted by molar-refractivity contribution is 0.624. The van der Waals surface area contributed by atoms with Crippen LogP contribution in [-0.2, 0) is 5.41 Å². The summed E-state index contributed by atoms with van der Waals surface area (Å²) in [5.41, 5.74) is 10.5. The Morgan fingerprint density at radius 2 is 1.27 bits per heavy atom. The molecule has 37 heavy (non-hydrogen) atoms. The molecule has 5 aromatic carbocycles. The fraction of sp³-hybridized carbons (Fsp3) is 0.0857. The van der Waals surface area contributed by atoms with Crippen LogP contribution in [0.3, 0.4) is 0 Å². The topological polar surface area (TPSA) is 4.93 Å². The van der Waals surface area contributed by atoms with Crippen LogP contribution in [0.1, 0.15) is 25.1 Å². The predicted octanol–water partition coefficient (Wildman–Crippen LogP) is 9.97. The second kappa shape index (κ2) is 7.44. The second-order valence-corrected chi connectivity index (χ2v) is 11.6. The van der Waals surface area contributed by atoms with E-state index in [9.17, 15) is 0 Å². The van der Waals surface area contributed by atoms with E-state index in [-0.39, 0.29) is 5.41 Å². The first-order valence-corrected chi connectivity index (χ1v) is 13.7. The molecule has 0 spiro atoms. The highest BCUT2D eigenvalue weighted by Crippen LogP contribution is 2.53. The number of hydrogen-bond donors (Lipinski definition) is 0. The molecule has 0 atom stereocenters. The molecule has 2 aromatic heterocycles. The van der Waals surface area contributed by atoms with Gasteiger partial charge in [0.1, 0.15) is 0 Å². The van der Waals surface area contributed by atoms with Crippen LogP contribution in [-0.4, -0.2) is 4.57 Å². The molecule has 0 unspecified atom stereocenters. The van der Waals surface area contributed by atoms with Gasteiger partial charge < -0.3 is 4.57 Å². The summed E-state index contributed by atoms with van der Waals surface area (Å²) in [6.07, 6.45) is 0. The van der Waals surface area contributed by atoms with Crippen molar-refractivity contribution in [2.45, 2.75) is 19.3 Å². The molecular formula is C35H25NS. The minimum atomic E-state index is -0.0771. The highest BCUT2D eigenvalue weighted by atomic mass is 32.1. The maximum atomic E-state index is 2.49. The molecule has 0 N–H and O–H groups in total. The van der Waals surface area contributed by atoms with Gasteiger partial charge in [-0.3, -0.25) is 0 Å². The van der Waals surface area contributed by atoms with Gasteiger partial charge in [0.05, 0.1) is 5.52 Å². The van der Waals surface area contributed by atoms with Crippen LogP contribution in [0.15, 0.2) is 115 Å². The lowest BCUT2D eigenvalue weighted by atomic mass is 9.85. The maximum absolute atomic E-state index is 2.49. The Morgan fingerprint density at radius 1 is 0.595 bits per heavy atom. The molecule has 0 saturated carbocycles. The molecular weight excluding hydrogens is 466 g/mol. The number of nitrogens with zero attached hydrogens (tertiary/aromatic N) is 1. The Morgan fingerprint density at radius 3 is 2.14 bits per heavy atom. The molecule has 2 heterocycles. The molecule has 0 bridgehead atoms. The summed E-state index contributed by atoms with van der Waals surface area (Å²) in [5, 5.41) is 4.02. The first kappa shape index (κ1) is 21.0. The lowest BCUT2D eigenvalue weighted by Crippen LogP contribution is -2.19. The van der Waals surface area contributed by atoms with E-state index in [2.05, 4.69) is 134 Å². The average Bonchev–Trinajstić information content (AvgIpc) is 3.56. The third kappa shape index (κ3) is 2.79. The Hall–Kier alpha value is -4.14. The van der Waals surface area contributed by atoms with Gasteiger partial charge in [0.25, 0.3) is 0 Å². The van der Waals surface area contributed by atoms with Crippen molar-refractivity contribution in [2.24, 2.45) is 0 Å². The third-order valence-corrected chi connectivity index (χ3v) is 9.40. The van der Waals surface area contributed by atoms with Gasteiger partial charge in [0.15, 0.2) is 0 Å². The van der Waals surface area contributed by atoms with Gasteiger partial charge in [-0.2, -0.15) is 0 Å². The Balaban J connectivity index is 1.33. The van der Waals surface area contributed by atoms with E-state index < -0.39 is 0 Å². The van der Waals surface area contributed by atoms with Gasteiger partial charge >= 0.3 is 0 Å². The van der Waals surface area contributed by atoms with Crippen LogP contribution < -0.4 is 0 Å². The molecule has 7 aromatic rings. The summed E-state index contributed by atoms with van der Waals surface area (Å²) < 4.78 is 5.20. The minimum absolute atomic E-state index is 0.0771. The van der Waals surface area contributed by atoms with Gasteiger partial charge in [0.2, 0.25) is 0 Å². The fourth-order valence-corrected chi connectivity index (χ4v) is 7.75. The molecule has 8 rings (SSSR count). The van der Waals surface area contributed by atoms with Crippen molar-refractivity contribution in [1.82, 2.24) is 4.57 Å². The van der Waals surface area contributed by atoms with Crippen molar-refractivity contribution in [3.8, 4) is 27.9 Å². The number of benzene rings is 5. The molecule has 2 heteroatoms. The standard InChI is InChI=1S/C35H25NS/c1-35(2)29-15-6-3-11-27(29)32-28-12-4-7-16-30(28)36(34(32)35)23-20-18-22(19-21-23)24-13-9-14-26-25-10-5-8-17-31(25)37-33(24)26/h3-21H,1-2H3. The minimum Gasteiger partial charge on any atom is -0.312 e. The van der Waals surface area contributed by atoms with Gasteiger partial charge in [-0.1, -0.05) is 105 Å². The van der Waals surface area contributed by atoms with Gasteiger partial charge in [-0.15, -0.1) is 11.3 Å². The number of hydrogen-bond acceptors (Lipinski definition) is 1. The quantitative estimate of drug-likeness (QED) is 0.227. The lowest BCUT2D eigenvalue weighted by Gasteiger charge is -2.24. The summed E-state index contributed by atoms with van der Waals surface area (Å²) in [6.45, 7) is 4.73. The number of thiophene rings is 1. The molecule has 0 fully saturated rings. The van der Waals surface area contributed by atoms with E-state index in [1.807, 2.05) is 11.3 Å². The zero-order valence-electron chi connectivity index (χ0n) is 20.8. The summed E-state index contributed by atoms with van der Waals surface area (Å²) >= 11 is 1.89. The first-order valence-electron chi connectivity index (χ1n) is 12.9. The summed E-state index contributed by atoms with van der Waals surface area (Å²) in [4.78, 5) is 0. The average molecular weight is 492 g/mol. The number of rotatable bonds is 2. The Labute approximate surface area is 220 Å². The number of para-hydroxylation sites is 1. The van der Waals surface area contributed by atoms with Gasteiger partial charge in [-0.05, 0) is 46.5 Å². The maximum Gasteiger partial charge on any atom is 0.0538 e. The number of fused-ring (bicyclic) bond motifs is 8. The smallest absolute Gasteiger partial charge is 0.0538 e. The Kier molecular flexibility index (Phi) is 4.22. The second-order valence-electron chi connectivity index (χ2n) is 10.6. The molecule has 1 nitrogen and oxygen atoms in total. The van der Waals surface area contributed by atoms with E-state index in [0.29, 0.717) is 0 Å². The highest BCUT2D eigenvalue weighted by Gasteiger charge is 2.40. The van der Waals surface area contributed by atoms with Crippen LogP contribution in [0.2, 0.25) is 0 Å². The normalized spacial score (nSPS) is 13.9. The van der Waals surface area contributed by atoms with E-state index in [0.717, 1.165) is 0 Å². The SMILES string of the molecule is CC1(C)c2ccccc2-c2c1n(-c1ccc(-c3cccc4c3sc3ccccc34)cc1)c1ccccc21. The third-order valence-electron chi connectivity index (χ3n) is 8.18. The van der Waals surface area contributed by atoms with E-state index >= 15 is 0 Å². The fourth-order valence-electron chi connectivity index (χ4n) is 6.51. The van der Waals surface area contributed by atoms with Crippen LogP contribution in [0.25, 0.3) is 59.0 Å². The van der Waals surface area contributed by atoms with Crippen LogP contribution in [0.4, 0.5) is 0 Å². The molecule has 1 aliphatic rings. The molecule has 1 aliphatic carbocycles. The van der Waals surface area contributed by atoms with Crippen molar-refractivity contribution in [2.75, 3.05) is 0 Å². The van der Waals surface area contributed by atoms with Crippen molar-refractivity contribution in [3.63, 3.8) is 0 Å². The molecule has 0 radical (unpaired) electrons. The molecule has 0 saturated heterocycles. The molecule has 176 valence electrons. The van der Waals surface area contributed by atoms with E-state index in [1.165, 1.54) is 70.3 Å². The van der Waals surface area contributed by atoms with Crippen LogP contribution in [0, 0.1) is 0 Å². The molecule has 0 aliphatic heterocycles.